The number of hydrogen-bond donors (Lipinski definition) is 1. The molecule has 3 rings (SSSR count). The van der Waals surface area contributed by atoms with Gasteiger partial charge in [0.1, 0.15) is 5.82 Å². The van der Waals surface area contributed by atoms with Gasteiger partial charge in [0.25, 0.3) is 0 Å². The molecule has 0 radical (unpaired) electrons. The molecule has 19 heavy (non-hydrogen) atoms. The number of H-pyrrole nitrogens is 1. The second kappa shape index (κ2) is 5.13. The van der Waals surface area contributed by atoms with Gasteiger partial charge < -0.3 is 0 Å². The van der Waals surface area contributed by atoms with Gasteiger partial charge in [0.05, 0.1) is 11.7 Å². The van der Waals surface area contributed by atoms with E-state index < -0.39 is 0 Å². The molecule has 1 fully saturated rings. The topological polar surface area (TPSA) is 62.6 Å². The van der Waals surface area contributed by atoms with E-state index in [9.17, 15) is 0 Å². The first kappa shape index (κ1) is 12.3. The van der Waals surface area contributed by atoms with Crippen molar-refractivity contribution in [3.8, 4) is 0 Å². The number of rotatable bonds is 3. The summed E-state index contributed by atoms with van der Waals surface area (Å²) in [4.78, 5) is 6.97. The fourth-order valence-corrected chi connectivity index (χ4v) is 2.75. The van der Waals surface area contributed by atoms with E-state index in [1.54, 1.807) is 0 Å². The number of nitrogens with one attached hydrogen (secondary N) is 1. The van der Waals surface area contributed by atoms with Crippen molar-refractivity contribution in [2.75, 3.05) is 6.54 Å². The van der Waals surface area contributed by atoms with Crippen molar-refractivity contribution in [1.29, 1.82) is 0 Å². The van der Waals surface area contributed by atoms with Crippen LogP contribution in [0.4, 0.5) is 0 Å². The summed E-state index contributed by atoms with van der Waals surface area (Å²) in [6.45, 7) is 3.96. The first-order valence-corrected chi connectivity index (χ1v) is 6.84. The fourth-order valence-electron chi connectivity index (χ4n) is 2.75. The fraction of sp³-hybridized carbons (Fsp3) is 0.615. The van der Waals surface area contributed by atoms with Gasteiger partial charge in [-0.3, -0.25) is 14.7 Å². The zero-order valence-electron chi connectivity index (χ0n) is 11.5. The molecule has 2 aromatic heterocycles. The average Bonchev–Trinajstić information content (AvgIpc) is 3.00. The van der Waals surface area contributed by atoms with Gasteiger partial charge in [-0.25, -0.2) is 4.98 Å². The summed E-state index contributed by atoms with van der Waals surface area (Å²) in [5, 5.41) is 11.5. The van der Waals surface area contributed by atoms with Gasteiger partial charge >= 0.3 is 0 Å². The molecule has 1 aliphatic rings. The molecule has 0 aliphatic carbocycles. The lowest BCUT2D eigenvalue weighted by atomic mass is 10.0. The summed E-state index contributed by atoms with van der Waals surface area (Å²) in [6.07, 6.45) is 5.48. The van der Waals surface area contributed by atoms with Crippen LogP contribution in [0.1, 0.15) is 42.6 Å². The van der Waals surface area contributed by atoms with Crippen LogP contribution in [0, 0.1) is 6.92 Å². The molecule has 0 saturated carbocycles. The van der Waals surface area contributed by atoms with Crippen LogP contribution in [0.3, 0.4) is 0 Å². The Balaban J connectivity index is 1.79. The van der Waals surface area contributed by atoms with E-state index in [0.29, 0.717) is 6.04 Å². The van der Waals surface area contributed by atoms with Crippen LogP contribution in [0.5, 0.6) is 0 Å². The minimum atomic E-state index is 0.327. The highest BCUT2D eigenvalue weighted by molar-refractivity contribution is 5.03. The number of aromatic nitrogens is 5. The monoisotopic (exact) mass is 260 g/mol. The molecular formula is C13H20N6. The summed E-state index contributed by atoms with van der Waals surface area (Å²) in [5.74, 6) is 1.82. The summed E-state index contributed by atoms with van der Waals surface area (Å²) >= 11 is 0. The van der Waals surface area contributed by atoms with Crippen molar-refractivity contribution < 1.29 is 0 Å². The summed E-state index contributed by atoms with van der Waals surface area (Å²) in [5.41, 5.74) is 1.24. The predicted octanol–water partition coefficient (Wildman–Crippen LogP) is 1.57. The number of aryl methyl sites for hydroxylation is 2. The van der Waals surface area contributed by atoms with Gasteiger partial charge in [-0.15, -0.1) is 0 Å². The quantitative estimate of drug-likeness (QED) is 0.910. The van der Waals surface area contributed by atoms with Crippen LogP contribution in [-0.2, 0) is 13.6 Å². The molecule has 1 atom stereocenters. The molecule has 1 N–H and O–H groups in total. The van der Waals surface area contributed by atoms with Gasteiger partial charge in [-0.1, -0.05) is 6.42 Å². The van der Waals surface area contributed by atoms with E-state index in [2.05, 4.69) is 31.2 Å². The van der Waals surface area contributed by atoms with Crippen molar-refractivity contribution in [3.05, 3.63) is 29.6 Å². The Bertz CT molecular complexity index is 543. The molecule has 0 amide bonds. The number of hydrogen-bond acceptors (Lipinski definition) is 4. The molecule has 0 unspecified atom stereocenters. The van der Waals surface area contributed by atoms with E-state index in [-0.39, 0.29) is 0 Å². The zero-order valence-corrected chi connectivity index (χ0v) is 11.5. The lowest BCUT2D eigenvalue weighted by molar-refractivity contribution is 0.130. The van der Waals surface area contributed by atoms with Crippen LogP contribution in [0.2, 0.25) is 0 Å². The summed E-state index contributed by atoms with van der Waals surface area (Å²) < 4.78 is 1.94. The average molecular weight is 260 g/mol. The van der Waals surface area contributed by atoms with Gasteiger partial charge in [0.2, 0.25) is 0 Å². The highest BCUT2D eigenvalue weighted by atomic mass is 15.3. The maximum atomic E-state index is 4.51. The molecule has 0 aromatic carbocycles. The third-order valence-electron chi connectivity index (χ3n) is 3.81. The minimum absolute atomic E-state index is 0.327. The molecule has 1 saturated heterocycles. The van der Waals surface area contributed by atoms with Gasteiger partial charge in [-0.2, -0.15) is 10.2 Å². The van der Waals surface area contributed by atoms with E-state index in [1.165, 1.54) is 18.5 Å². The van der Waals surface area contributed by atoms with Crippen molar-refractivity contribution in [3.63, 3.8) is 0 Å². The predicted molar refractivity (Wildman–Crippen MR) is 71.3 cm³/mol. The lowest BCUT2D eigenvalue weighted by Crippen LogP contribution is -2.34. The third kappa shape index (κ3) is 2.53. The van der Waals surface area contributed by atoms with Crippen molar-refractivity contribution in [1.82, 2.24) is 29.9 Å². The van der Waals surface area contributed by atoms with Gasteiger partial charge in [0, 0.05) is 19.8 Å². The number of nitrogens with zero attached hydrogens (tertiary/aromatic N) is 5. The van der Waals surface area contributed by atoms with Gasteiger partial charge in [0.15, 0.2) is 5.82 Å². The molecule has 0 bridgehead atoms. The number of piperidine rings is 1. The van der Waals surface area contributed by atoms with E-state index in [0.717, 1.165) is 31.2 Å². The van der Waals surface area contributed by atoms with Crippen molar-refractivity contribution in [2.24, 2.45) is 7.05 Å². The smallest absolute Gasteiger partial charge is 0.167 e. The second-order valence-electron chi connectivity index (χ2n) is 5.21. The standard InChI is InChI=1S/C13H20N6/c1-10-15-13(17-16-10)12-5-3-4-8-19(12)9-11-6-7-14-18(11)2/h6-7,12H,3-5,8-9H2,1-2H3,(H,15,16,17)/t12-/m1/s1. The van der Waals surface area contributed by atoms with Crippen LogP contribution in [-0.4, -0.2) is 36.4 Å². The first-order valence-electron chi connectivity index (χ1n) is 6.84. The van der Waals surface area contributed by atoms with Crippen LogP contribution >= 0.6 is 0 Å². The Morgan fingerprint density at radius 1 is 1.42 bits per heavy atom. The molecule has 6 nitrogen and oxygen atoms in total. The van der Waals surface area contributed by atoms with E-state index >= 15 is 0 Å². The highest BCUT2D eigenvalue weighted by Gasteiger charge is 2.27. The molecule has 3 heterocycles. The molecule has 0 spiro atoms. The van der Waals surface area contributed by atoms with Crippen LogP contribution in [0.25, 0.3) is 0 Å². The maximum absolute atomic E-state index is 4.51. The molecule has 1 aliphatic heterocycles. The molecule has 6 heteroatoms. The molecule has 102 valence electrons. The van der Waals surface area contributed by atoms with Crippen LogP contribution < -0.4 is 0 Å². The zero-order chi connectivity index (χ0) is 13.2. The van der Waals surface area contributed by atoms with E-state index in [1.807, 2.05) is 24.9 Å². The van der Waals surface area contributed by atoms with Gasteiger partial charge in [-0.05, 0) is 32.4 Å². The minimum Gasteiger partial charge on any atom is -0.287 e. The molecule has 2 aromatic rings. The van der Waals surface area contributed by atoms with Crippen LogP contribution in [0.15, 0.2) is 12.3 Å². The maximum Gasteiger partial charge on any atom is 0.167 e. The Morgan fingerprint density at radius 3 is 3.00 bits per heavy atom. The summed E-state index contributed by atoms with van der Waals surface area (Å²) in [7, 11) is 1.99. The van der Waals surface area contributed by atoms with Crippen molar-refractivity contribution >= 4 is 0 Å². The largest absolute Gasteiger partial charge is 0.287 e. The first-order chi connectivity index (χ1) is 9.24. The Morgan fingerprint density at radius 2 is 2.32 bits per heavy atom. The lowest BCUT2D eigenvalue weighted by Gasteiger charge is -2.33. The SMILES string of the molecule is Cc1nc([C@H]2CCCCN2Cc2ccnn2C)n[nH]1. The summed E-state index contributed by atoms with van der Waals surface area (Å²) in [6, 6.07) is 2.41. The third-order valence-corrected chi connectivity index (χ3v) is 3.81. The molecular weight excluding hydrogens is 240 g/mol. The normalized spacial score (nSPS) is 20.8. The Kier molecular flexibility index (Phi) is 3.33. The Hall–Kier alpha value is -1.69. The Labute approximate surface area is 112 Å². The van der Waals surface area contributed by atoms with E-state index in [4.69, 9.17) is 0 Å². The number of likely N-dealkylation sites (tertiary alicyclic amines) is 1. The second-order valence-corrected chi connectivity index (χ2v) is 5.21. The highest BCUT2D eigenvalue weighted by Crippen LogP contribution is 2.29. The number of aromatic amines is 1. The van der Waals surface area contributed by atoms with Crippen molar-refractivity contribution in [2.45, 2.75) is 38.8 Å².